The maximum Gasteiger partial charge on any atom is 0.0751 e. The normalized spacial score (nSPS) is 17.7. The van der Waals surface area contributed by atoms with Gasteiger partial charge in [-0.05, 0) is 37.2 Å². The van der Waals surface area contributed by atoms with Crippen molar-refractivity contribution < 1.29 is 0 Å². The van der Waals surface area contributed by atoms with Gasteiger partial charge in [-0.3, -0.25) is 9.88 Å². The van der Waals surface area contributed by atoms with Crippen molar-refractivity contribution in [3.63, 3.8) is 0 Å². The van der Waals surface area contributed by atoms with Crippen molar-refractivity contribution in [2.45, 2.75) is 13.5 Å². The van der Waals surface area contributed by atoms with Crippen LogP contribution in [0.2, 0.25) is 0 Å². The summed E-state index contributed by atoms with van der Waals surface area (Å²) in [5, 5.41) is 1.18. The summed E-state index contributed by atoms with van der Waals surface area (Å²) in [5.74, 6) is 0. The third-order valence-corrected chi connectivity index (χ3v) is 4.21. The van der Waals surface area contributed by atoms with Crippen LogP contribution in [0.5, 0.6) is 0 Å². The van der Waals surface area contributed by atoms with Crippen LogP contribution in [0.3, 0.4) is 0 Å². The van der Waals surface area contributed by atoms with Gasteiger partial charge in [0.25, 0.3) is 0 Å². The summed E-state index contributed by atoms with van der Waals surface area (Å²) in [6, 6.07) is 6.28. The SMILES string of the molecule is Cc1c(N)ccc2cc(CN3CCN(C)CC3)cnc12. The average molecular weight is 270 g/mol. The molecule has 1 saturated heterocycles. The second-order valence-corrected chi connectivity index (χ2v) is 5.77. The largest absolute Gasteiger partial charge is 0.398 e. The maximum absolute atomic E-state index is 5.93. The summed E-state index contributed by atoms with van der Waals surface area (Å²) < 4.78 is 0. The predicted octanol–water partition coefficient (Wildman–Crippen LogP) is 1.87. The molecule has 20 heavy (non-hydrogen) atoms. The smallest absolute Gasteiger partial charge is 0.0751 e. The van der Waals surface area contributed by atoms with Crippen LogP contribution in [0.25, 0.3) is 10.9 Å². The Labute approximate surface area is 120 Å². The number of benzene rings is 1. The number of hydrogen-bond acceptors (Lipinski definition) is 4. The number of rotatable bonds is 2. The molecule has 2 N–H and O–H groups in total. The first-order chi connectivity index (χ1) is 9.63. The Hall–Kier alpha value is -1.65. The van der Waals surface area contributed by atoms with Gasteiger partial charge < -0.3 is 10.6 Å². The number of piperazine rings is 1. The van der Waals surface area contributed by atoms with E-state index in [-0.39, 0.29) is 0 Å². The van der Waals surface area contributed by atoms with Crippen molar-refractivity contribution in [3.05, 3.63) is 35.5 Å². The van der Waals surface area contributed by atoms with E-state index in [1.165, 1.54) is 10.9 Å². The average Bonchev–Trinajstić information content (AvgIpc) is 2.46. The molecule has 3 rings (SSSR count). The second kappa shape index (κ2) is 5.38. The molecule has 1 aliphatic heterocycles. The van der Waals surface area contributed by atoms with Crippen LogP contribution >= 0.6 is 0 Å². The molecular formula is C16H22N4. The molecule has 1 aromatic carbocycles. The van der Waals surface area contributed by atoms with Crippen LogP contribution in [0, 0.1) is 6.92 Å². The zero-order chi connectivity index (χ0) is 14.1. The molecule has 106 valence electrons. The molecule has 0 bridgehead atoms. The second-order valence-electron chi connectivity index (χ2n) is 5.77. The van der Waals surface area contributed by atoms with Gasteiger partial charge in [-0.2, -0.15) is 0 Å². The standard InChI is InChI=1S/C16H22N4/c1-12-15(17)4-3-14-9-13(10-18-16(12)14)11-20-7-5-19(2)6-8-20/h3-4,9-10H,5-8,11,17H2,1-2H3. The van der Waals surface area contributed by atoms with Crippen LogP contribution in [-0.4, -0.2) is 48.0 Å². The quantitative estimate of drug-likeness (QED) is 0.846. The number of nitrogens with two attached hydrogens (primary N) is 1. The Morgan fingerprint density at radius 1 is 1.20 bits per heavy atom. The van der Waals surface area contributed by atoms with Gasteiger partial charge in [-0.1, -0.05) is 6.07 Å². The Morgan fingerprint density at radius 3 is 2.70 bits per heavy atom. The number of anilines is 1. The van der Waals surface area contributed by atoms with Gasteiger partial charge in [0.1, 0.15) is 0 Å². The molecule has 0 spiro atoms. The monoisotopic (exact) mass is 270 g/mol. The van der Waals surface area contributed by atoms with Gasteiger partial charge in [0.2, 0.25) is 0 Å². The maximum atomic E-state index is 5.93. The van der Waals surface area contributed by atoms with E-state index in [4.69, 9.17) is 5.73 Å². The van der Waals surface area contributed by atoms with Gasteiger partial charge in [0.15, 0.2) is 0 Å². The number of nitrogens with zero attached hydrogens (tertiary/aromatic N) is 3. The first-order valence-electron chi connectivity index (χ1n) is 7.18. The Bertz CT molecular complexity index is 615. The summed E-state index contributed by atoms with van der Waals surface area (Å²) in [5.41, 5.74) is 10.1. The van der Waals surface area contributed by atoms with Gasteiger partial charge >= 0.3 is 0 Å². The molecule has 4 nitrogen and oxygen atoms in total. The molecule has 1 aliphatic rings. The van der Waals surface area contributed by atoms with Gasteiger partial charge in [-0.15, -0.1) is 0 Å². The number of hydrogen-bond donors (Lipinski definition) is 1. The Balaban J connectivity index is 1.81. The van der Waals surface area contributed by atoms with Crippen molar-refractivity contribution in [1.82, 2.24) is 14.8 Å². The molecule has 0 aliphatic carbocycles. The van der Waals surface area contributed by atoms with Crippen LogP contribution in [0.1, 0.15) is 11.1 Å². The van der Waals surface area contributed by atoms with E-state index in [1.54, 1.807) is 0 Å². The minimum absolute atomic E-state index is 0.816. The highest BCUT2D eigenvalue weighted by Crippen LogP contribution is 2.22. The highest BCUT2D eigenvalue weighted by atomic mass is 15.2. The summed E-state index contributed by atoms with van der Waals surface area (Å²) in [7, 11) is 2.18. The number of pyridine rings is 1. The van der Waals surface area contributed by atoms with Crippen molar-refractivity contribution in [3.8, 4) is 0 Å². The van der Waals surface area contributed by atoms with E-state index in [0.29, 0.717) is 0 Å². The number of fused-ring (bicyclic) bond motifs is 1. The predicted molar refractivity (Wildman–Crippen MR) is 83.7 cm³/mol. The topological polar surface area (TPSA) is 45.4 Å². The molecule has 0 amide bonds. The lowest BCUT2D eigenvalue weighted by Gasteiger charge is -2.32. The van der Waals surface area contributed by atoms with E-state index in [1.807, 2.05) is 19.2 Å². The highest BCUT2D eigenvalue weighted by molar-refractivity contribution is 5.86. The molecule has 2 aromatic rings. The van der Waals surface area contributed by atoms with Crippen LogP contribution in [-0.2, 0) is 6.54 Å². The van der Waals surface area contributed by atoms with Crippen molar-refractivity contribution in [2.24, 2.45) is 0 Å². The fourth-order valence-corrected chi connectivity index (χ4v) is 2.76. The van der Waals surface area contributed by atoms with E-state index >= 15 is 0 Å². The zero-order valence-electron chi connectivity index (χ0n) is 12.3. The van der Waals surface area contributed by atoms with Gasteiger partial charge in [-0.25, -0.2) is 0 Å². The van der Waals surface area contributed by atoms with Crippen molar-refractivity contribution in [1.29, 1.82) is 0 Å². The molecule has 2 heterocycles. The van der Waals surface area contributed by atoms with E-state index in [2.05, 4.69) is 34.0 Å². The molecule has 0 radical (unpaired) electrons. The van der Waals surface area contributed by atoms with Crippen molar-refractivity contribution >= 4 is 16.6 Å². The first kappa shape index (κ1) is 13.3. The van der Waals surface area contributed by atoms with Gasteiger partial charge in [0.05, 0.1) is 5.52 Å². The third-order valence-electron chi connectivity index (χ3n) is 4.21. The van der Waals surface area contributed by atoms with E-state index < -0.39 is 0 Å². The third kappa shape index (κ3) is 2.62. The molecule has 4 heteroatoms. The fraction of sp³-hybridized carbons (Fsp3) is 0.438. The highest BCUT2D eigenvalue weighted by Gasteiger charge is 2.14. The van der Waals surface area contributed by atoms with Crippen LogP contribution < -0.4 is 5.73 Å². The van der Waals surface area contributed by atoms with Crippen LogP contribution in [0.15, 0.2) is 24.4 Å². The van der Waals surface area contributed by atoms with Crippen molar-refractivity contribution in [2.75, 3.05) is 39.0 Å². The summed E-state index contributed by atoms with van der Waals surface area (Å²) in [6.45, 7) is 7.59. The molecular weight excluding hydrogens is 248 g/mol. The molecule has 1 fully saturated rings. The number of aromatic nitrogens is 1. The zero-order valence-corrected chi connectivity index (χ0v) is 12.3. The van der Waals surface area contributed by atoms with E-state index in [9.17, 15) is 0 Å². The lowest BCUT2D eigenvalue weighted by molar-refractivity contribution is 0.148. The lowest BCUT2D eigenvalue weighted by Crippen LogP contribution is -2.43. The number of likely N-dealkylation sites (N-methyl/N-ethyl adjacent to an activating group) is 1. The molecule has 0 unspecified atom stereocenters. The Kier molecular flexibility index (Phi) is 3.59. The van der Waals surface area contributed by atoms with Crippen LogP contribution in [0.4, 0.5) is 5.69 Å². The number of aryl methyl sites for hydroxylation is 1. The minimum Gasteiger partial charge on any atom is -0.398 e. The number of nitrogen functional groups attached to an aromatic ring is 1. The summed E-state index contributed by atoms with van der Waals surface area (Å²) in [6.07, 6.45) is 1.99. The lowest BCUT2D eigenvalue weighted by atomic mass is 10.1. The molecule has 0 atom stereocenters. The molecule has 0 saturated carbocycles. The fourth-order valence-electron chi connectivity index (χ4n) is 2.76. The first-order valence-corrected chi connectivity index (χ1v) is 7.18. The van der Waals surface area contributed by atoms with Gasteiger partial charge in [0, 0.05) is 50.0 Å². The Morgan fingerprint density at radius 2 is 1.95 bits per heavy atom. The minimum atomic E-state index is 0.816. The van der Waals surface area contributed by atoms with E-state index in [0.717, 1.165) is 49.5 Å². The summed E-state index contributed by atoms with van der Waals surface area (Å²) in [4.78, 5) is 9.47. The molecule has 1 aromatic heterocycles. The summed E-state index contributed by atoms with van der Waals surface area (Å²) >= 11 is 0.